The van der Waals surface area contributed by atoms with Crippen molar-refractivity contribution in [2.24, 2.45) is 5.92 Å². The molecule has 1 nitrogen and oxygen atoms in total. The molecule has 0 saturated carbocycles. The first-order valence-corrected chi connectivity index (χ1v) is 4.03. The van der Waals surface area contributed by atoms with E-state index in [2.05, 4.69) is 25.5 Å². The van der Waals surface area contributed by atoms with Gasteiger partial charge in [0.05, 0.1) is 0 Å². The largest absolute Gasteiger partial charge is 0.306 e. The molecule has 1 heterocycles. The average molecular weight is 139 g/mol. The van der Waals surface area contributed by atoms with Gasteiger partial charge in [0, 0.05) is 13.1 Å². The molecule has 1 rings (SSSR count). The van der Waals surface area contributed by atoms with Crippen molar-refractivity contribution in [3.8, 4) is 0 Å². The van der Waals surface area contributed by atoms with Crippen LogP contribution >= 0.6 is 0 Å². The Morgan fingerprint density at radius 3 is 3.00 bits per heavy atom. The standard InChI is InChI=1S/C9H17N/c1-8-4-5-10(3)7-9(2)6-8/h9H,1,4-7H2,2-3H3. The maximum Gasteiger partial charge on any atom is 0.00155 e. The highest BCUT2D eigenvalue weighted by Crippen LogP contribution is 2.17. The molecule has 1 fully saturated rings. The molecule has 0 aromatic carbocycles. The zero-order valence-corrected chi connectivity index (χ0v) is 7.06. The Balaban J connectivity index is 2.46. The summed E-state index contributed by atoms with van der Waals surface area (Å²) in [6, 6.07) is 0. The van der Waals surface area contributed by atoms with Gasteiger partial charge in [-0.3, -0.25) is 0 Å². The molecule has 58 valence electrons. The van der Waals surface area contributed by atoms with Gasteiger partial charge in [-0.05, 0) is 25.8 Å². The number of likely N-dealkylation sites (tertiary alicyclic amines) is 1. The van der Waals surface area contributed by atoms with Crippen LogP contribution in [0.15, 0.2) is 12.2 Å². The van der Waals surface area contributed by atoms with Crippen molar-refractivity contribution in [3.63, 3.8) is 0 Å². The molecule has 0 radical (unpaired) electrons. The third kappa shape index (κ3) is 2.14. The lowest BCUT2D eigenvalue weighted by Crippen LogP contribution is -2.22. The van der Waals surface area contributed by atoms with E-state index in [0.29, 0.717) is 0 Å². The topological polar surface area (TPSA) is 3.24 Å². The second-order valence-corrected chi connectivity index (χ2v) is 3.57. The maximum atomic E-state index is 4.03. The van der Waals surface area contributed by atoms with Crippen molar-refractivity contribution in [2.45, 2.75) is 19.8 Å². The van der Waals surface area contributed by atoms with Crippen LogP contribution in [0.3, 0.4) is 0 Å². The molecule has 0 amide bonds. The van der Waals surface area contributed by atoms with E-state index in [1.165, 1.54) is 31.5 Å². The summed E-state index contributed by atoms with van der Waals surface area (Å²) in [5.41, 5.74) is 1.43. The van der Waals surface area contributed by atoms with Crippen LogP contribution in [0.5, 0.6) is 0 Å². The van der Waals surface area contributed by atoms with Gasteiger partial charge in [-0.1, -0.05) is 19.1 Å². The van der Waals surface area contributed by atoms with Crippen molar-refractivity contribution in [1.29, 1.82) is 0 Å². The Morgan fingerprint density at radius 2 is 2.30 bits per heavy atom. The summed E-state index contributed by atoms with van der Waals surface area (Å²) in [7, 11) is 2.19. The highest BCUT2D eigenvalue weighted by atomic mass is 15.1. The molecule has 0 N–H and O–H groups in total. The van der Waals surface area contributed by atoms with Gasteiger partial charge in [0.1, 0.15) is 0 Å². The minimum atomic E-state index is 0.806. The first-order chi connectivity index (χ1) is 4.68. The summed E-state index contributed by atoms with van der Waals surface area (Å²) in [4.78, 5) is 2.39. The molecule has 1 atom stereocenters. The lowest BCUT2D eigenvalue weighted by Gasteiger charge is -2.15. The SMILES string of the molecule is C=C1CCN(C)CC(C)C1. The van der Waals surface area contributed by atoms with Crippen molar-refractivity contribution in [3.05, 3.63) is 12.2 Å². The van der Waals surface area contributed by atoms with E-state index in [4.69, 9.17) is 0 Å². The number of hydrogen-bond acceptors (Lipinski definition) is 1. The van der Waals surface area contributed by atoms with Crippen molar-refractivity contribution in [1.82, 2.24) is 4.90 Å². The zero-order chi connectivity index (χ0) is 7.56. The number of rotatable bonds is 0. The lowest BCUT2D eigenvalue weighted by molar-refractivity contribution is 0.310. The Hall–Kier alpha value is -0.300. The third-order valence-electron chi connectivity index (χ3n) is 2.11. The highest BCUT2D eigenvalue weighted by molar-refractivity contribution is 4.98. The smallest absolute Gasteiger partial charge is 0.00155 e. The summed E-state index contributed by atoms with van der Waals surface area (Å²) in [5, 5.41) is 0. The van der Waals surface area contributed by atoms with Gasteiger partial charge >= 0.3 is 0 Å². The van der Waals surface area contributed by atoms with Crippen LogP contribution in [0.2, 0.25) is 0 Å². The summed E-state index contributed by atoms with van der Waals surface area (Å²) in [6.45, 7) is 8.76. The minimum Gasteiger partial charge on any atom is -0.306 e. The molecule has 1 heteroatoms. The minimum absolute atomic E-state index is 0.806. The highest BCUT2D eigenvalue weighted by Gasteiger charge is 2.12. The Bertz CT molecular complexity index is 129. The fourth-order valence-corrected chi connectivity index (χ4v) is 1.63. The fourth-order valence-electron chi connectivity index (χ4n) is 1.63. The second-order valence-electron chi connectivity index (χ2n) is 3.57. The van der Waals surface area contributed by atoms with E-state index in [1.807, 2.05) is 0 Å². The van der Waals surface area contributed by atoms with Gasteiger partial charge < -0.3 is 4.90 Å². The molecule has 1 unspecified atom stereocenters. The first-order valence-electron chi connectivity index (χ1n) is 4.03. The van der Waals surface area contributed by atoms with Crippen LogP contribution in [0, 0.1) is 5.92 Å². The maximum absolute atomic E-state index is 4.03. The number of hydrogen-bond donors (Lipinski definition) is 0. The van der Waals surface area contributed by atoms with Crippen molar-refractivity contribution < 1.29 is 0 Å². The quantitative estimate of drug-likeness (QED) is 0.463. The predicted octanol–water partition coefficient (Wildman–Crippen LogP) is 1.90. The van der Waals surface area contributed by atoms with Gasteiger partial charge in [-0.2, -0.15) is 0 Å². The predicted molar refractivity (Wildman–Crippen MR) is 45.0 cm³/mol. The first kappa shape index (κ1) is 7.80. The zero-order valence-electron chi connectivity index (χ0n) is 7.06. The van der Waals surface area contributed by atoms with Crippen LogP contribution in [0.4, 0.5) is 0 Å². The van der Waals surface area contributed by atoms with E-state index in [-0.39, 0.29) is 0 Å². The van der Waals surface area contributed by atoms with Crippen LogP contribution in [0.25, 0.3) is 0 Å². The van der Waals surface area contributed by atoms with E-state index in [9.17, 15) is 0 Å². The summed E-state index contributed by atoms with van der Waals surface area (Å²) in [5.74, 6) is 0.806. The van der Waals surface area contributed by atoms with Crippen LogP contribution < -0.4 is 0 Å². The van der Waals surface area contributed by atoms with Crippen LogP contribution in [0.1, 0.15) is 19.8 Å². The van der Waals surface area contributed by atoms with E-state index in [1.54, 1.807) is 0 Å². The lowest BCUT2D eigenvalue weighted by atomic mass is 10.0. The molecule has 0 spiro atoms. The van der Waals surface area contributed by atoms with Gasteiger partial charge in [-0.15, -0.1) is 0 Å². The van der Waals surface area contributed by atoms with E-state index < -0.39 is 0 Å². The molecule has 0 aliphatic carbocycles. The van der Waals surface area contributed by atoms with E-state index in [0.717, 1.165) is 5.92 Å². The molecule has 0 aromatic rings. The summed E-state index contributed by atoms with van der Waals surface area (Å²) in [6.07, 6.45) is 2.42. The van der Waals surface area contributed by atoms with Crippen LogP contribution in [-0.2, 0) is 0 Å². The summed E-state index contributed by atoms with van der Waals surface area (Å²) >= 11 is 0. The molecule has 10 heavy (non-hydrogen) atoms. The molecule has 1 saturated heterocycles. The Labute approximate surface area is 63.7 Å². The average Bonchev–Trinajstić information content (AvgIpc) is 1.93. The fraction of sp³-hybridized carbons (Fsp3) is 0.778. The molecule has 0 bridgehead atoms. The third-order valence-corrected chi connectivity index (χ3v) is 2.11. The van der Waals surface area contributed by atoms with Gasteiger partial charge in [-0.25, -0.2) is 0 Å². The van der Waals surface area contributed by atoms with Crippen LogP contribution in [-0.4, -0.2) is 25.0 Å². The molecule has 1 aliphatic heterocycles. The normalized spacial score (nSPS) is 30.2. The van der Waals surface area contributed by atoms with Crippen molar-refractivity contribution >= 4 is 0 Å². The molecule has 1 aliphatic rings. The summed E-state index contributed by atoms with van der Waals surface area (Å²) < 4.78 is 0. The molecular weight excluding hydrogens is 122 g/mol. The van der Waals surface area contributed by atoms with Crippen molar-refractivity contribution in [2.75, 3.05) is 20.1 Å². The van der Waals surface area contributed by atoms with Gasteiger partial charge in [0.15, 0.2) is 0 Å². The number of nitrogens with zero attached hydrogens (tertiary/aromatic N) is 1. The Morgan fingerprint density at radius 1 is 1.60 bits per heavy atom. The molecule has 0 aromatic heterocycles. The molecular formula is C9H17N. The van der Waals surface area contributed by atoms with Gasteiger partial charge in [0.2, 0.25) is 0 Å². The monoisotopic (exact) mass is 139 g/mol. The van der Waals surface area contributed by atoms with Gasteiger partial charge in [0.25, 0.3) is 0 Å². The Kier molecular flexibility index (Phi) is 2.50. The second kappa shape index (κ2) is 3.20. The van der Waals surface area contributed by atoms with E-state index >= 15 is 0 Å².